The number of rotatable bonds is 5. The van der Waals surface area contributed by atoms with Gasteiger partial charge in [0.15, 0.2) is 0 Å². The molecule has 4 nitrogen and oxygen atoms in total. The smallest absolute Gasteiger partial charge is 0.333 e. The van der Waals surface area contributed by atoms with Crippen LogP contribution in [0.25, 0.3) is 0 Å². The Hall–Kier alpha value is -1.32. The van der Waals surface area contributed by atoms with Crippen molar-refractivity contribution in [3.63, 3.8) is 0 Å². The third-order valence-electron chi connectivity index (χ3n) is 1.97. The Kier molecular flexibility index (Phi) is 5.60. The van der Waals surface area contributed by atoms with Crippen molar-refractivity contribution >= 4 is 11.9 Å². The lowest BCUT2D eigenvalue weighted by atomic mass is 10.0. The van der Waals surface area contributed by atoms with Crippen molar-refractivity contribution in [2.75, 3.05) is 7.11 Å². The van der Waals surface area contributed by atoms with Gasteiger partial charge in [-0.1, -0.05) is 19.9 Å². The average molecular weight is 200 g/mol. The summed E-state index contributed by atoms with van der Waals surface area (Å²) in [6.45, 7) is 3.43. The first-order chi connectivity index (χ1) is 6.52. The summed E-state index contributed by atoms with van der Waals surface area (Å²) >= 11 is 0. The third-order valence-corrected chi connectivity index (χ3v) is 1.97. The van der Waals surface area contributed by atoms with Gasteiger partial charge in [0.1, 0.15) is 0 Å². The second-order valence-corrected chi connectivity index (χ2v) is 3.05. The summed E-state index contributed by atoms with van der Waals surface area (Å²) in [6.07, 6.45) is 2.54. The number of esters is 1. The van der Waals surface area contributed by atoms with Crippen LogP contribution in [0, 0.1) is 5.92 Å². The highest BCUT2D eigenvalue weighted by atomic mass is 16.5. The molecule has 14 heavy (non-hydrogen) atoms. The van der Waals surface area contributed by atoms with Gasteiger partial charge in [-0.2, -0.15) is 0 Å². The molecule has 80 valence electrons. The Labute approximate surface area is 83.6 Å². The first-order valence-electron chi connectivity index (χ1n) is 4.53. The molecule has 0 heterocycles. The Balaban J connectivity index is 4.32. The van der Waals surface area contributed by atoms with Gasteiger partial charge in [-0.3, -0.25) is 4.79 Å². The van der Waals surface area contributed by atoms with Crippen molar-refractivity contribution in [3.8, 4) is 0 Å². The van der Waals surface area contributed by atoms with Crippen LogP contribution in [0.3, 0.4) is 0 Å². The molecule has 0 rings (SSSR count). The minimum atomic E-state index is -0.860. The number of hydrogen-bond acceptors (Lipinski definition) is 3. The zero-order chi connectivity index (χ0) is 11.1. The topological polar surface area (TPSA) is 63.6 Å². The van der Waals surface area contributed by atoms with Gasteiger partial charge in [0.25, 0.3) is 0 Å². The van der Waals surface area contributed by atoms with Crippen LogP contribution in [0.5, 0.6) is 0 Å². The molecule has 1 unspecified atom stereocenters. The largest absolute Gasteiger partial charge is 0.481 e. The first kappa shape index (κ1) is 12.7. The molecular weight excluding hydrogens is 184 g/mol. The normalized spacial score (nSPS) is 13.5. The van der Waals surface area contributed by atoms with Crippen molar-refractivity contribution in [1.82, 2.24) is 0 Å². The fraction of sp³-hybridized carbons (Fsp3) is 0.600. The number of methoxy groups -OCH3 is 1. The maximum atomic E-state index is 11.1. The van der Waals surface area contributed by atoms with Crippen LogP contribution in [0.4, 0.5) is 0 Å². The van der Waals surface area contributed by atoms with Gasteiger partial charge in [-0.15, -0.1) is 0 Å². The number of hydrogen-bond donors (Lipinski definition) is 1. The zero-order valence-electron chi connectivity index (χ0n) is 8.74. The standard InChI is InChI=1S/C10H16O4/c1-4-8(10(13)14-3)6-5-7(2)9(11)12/h6-7H,4-5H2,1-3H3,(H,11,12)/b8-6-. The predicted molar refractivity (Wildman–Crippen MR) is 51.8 cm³/mol. The van der Waals surface area contributed by atoms with Crippen LogP contribution >= 0.6 is 0 Å². The van der Waals surface area contributed by atoms with Gasteiger partial charge >= 0.3 is 11.9 Å². The first-order valence-corrected chi connectivity index (χ1v) is 4.53. The van der Waals surface area contributed by atoms with Crippen LogP contribution in [0.2, 0.25) is 0 Å². The number of carbonyl (C=O) groups is 2. The molecule has 0 aliphatic heterocycles. The van der Waals surface area contributed by atoms with Crippen molar-refractivity contribution < 1.29 is 19.4 Å². The predicted octanol–water partition coefficient (Wildman–Crippen LogP) is 1.61. The van der Waals surface area contributed by atoms with Crippen LogP contribution in [-0.4, -0.2) is 24.2 Å². The minimum absolute atomic E-state index is 0.355. The molecule has 0 spiro atoms. The SMILES string of the molecule is CC/C(=C/CC(C)C(=O)O)C(=O)OC. The van der Waals surface area contributed by atoms with E-state index < -0.39 is 11.9 Å². The molecule has 1 N–H and O–H groups in total. The van der Waals surface area contributed by atoms with Gasteiger partial charge in [-0.25, -0.2) is 4.79 Å². The molecule has 0 aromatic rings. The summed E-state index contributed by atoms with van der Waals surface area (Å²) in [5.74, 6) is -1.71. The van der Waals surface area contributed by atoms with Crippen LogP contribution in [-0.2, 0) is 14.3 Å². The molecule has 0 saturated carbocycles. The van der Waals surface area contributed by atoms with E-state index in [0.717, 1.165) is 0 Å². The number of allylic oxidation sites excluding steroid dienone is 1. The molecule has 4 heteroatoms. The molecule has 0 amide bonds. The lowest BCUT2D eigenvalue weighted by Crippen LogP contribution is -2.10. The van der Waals surface area contributed by atoms with E-state index in [2.05, 4.69) is 4.74 Å². The lowest BCUT2D eigenvalue weighted by molar-refractivity contribution is -0.141. The maximum Gasteiger partial charge on any atom is 0.333 e. The van der Waals surface area contributed by atoms with Gasteiger partial charge in [-0.05, 0) is 12.8 Å². The molecule has 0 bridgehead atoms. The molecule has 0 aromatic heterocycles. The maximum absolute atomic E-state index is 11.1. The van der Waals surface area contributed by atoms with Crippen molar-refractivity contribution in [2.45, 2.75) is 26.7 Å². The highest BCUT2D eigenvalue weighted by molar-refractivity contribution is 5.88. The Morgan fingerprint density at radius 2 is 2.07 bits per heavy atom. The minimum Gasteiger partial charge on any atom is -0.481 e. The van der Waals surface area contributed by atoms with E-state index >= 15 is 0 Å². The Morgan fingerprint density at radius 3 is 2.43 bits per heavy atom. The van der Waals surface area contributed by atoms with Gasteiger partial charge in [0.2, 0.25) is 0 Å². The number of carboxylic acids is 1. The summed E-state index contributed by atoms with van der Waals surface area (Å²) in [6, 6.07) is 0. The number of ether oxygens (including phenoxy) is 1. The lowest BCUT2D eigenvalue weighted by Gasteiger charge is -2.04. The second kappa shape index (κ2) is 6.18. The molecule has 0 aliphatic carbocycles. The van der Waals surface area contributed by atoms with E-state index in [1.165, 1.54) is 7.11 Å². The average Bonchev–Trinajstić information content (AvgIpc) is 2.17. The number of carboxylic acid groups (broad SMARTS) is 1. The van der Waals surface area contributed by atoms with Crippen molar-refractivity contribution in [1.29, 1.82) is 0 Å². The Morgan fingerprint density at radius 1 is 1.50 bits per heavy atom. The van der Waals surface area contributed by atoms with Crippen molar-refractivity contribution in [3.05, 3.63) is 11.6 Å². The molecule has 0 radical (unpaired) electrons. The van der Waals surface area contributed by atoms with E-state index in [0.29, 0.717) is 18.4 Å². The van der Waals surface area contributed by atoms with Gasteiger partial charge in [0, 0.05) is 5.57 Å². The van der Waals surface area contributed by atoms with E-state index in [4.69, 9.17) is 5.11 Å². The van der Waals surface area contributed by atoms with E-state index in [-0.39, 0.29) is 5.97 Å². The number of aliphatic carboxylic acids is 1. The monoisotopic (exact) mass is 200 g/mol. The van der Waals surface area contributed by atoms with E-state index in [9.17, 15) is 9.59 Å². The van der Waals surface area contributed by atoms with Gasteiger partial charge in [0.05, 0.1) is 13.0 Å². The summed E-state index contributed by atoms with van der Waals surface area (Å²) in [5.41, 5.74) is 0.528. The Bertz CT molecular complexity index is 243. The fourth-order valence-electron chi connectivity index (χ4n) is 0.923. The highest BCUT2D eigenvalue weighted by Crippen LogP contribution is 2.09. The fourth-order valence-corrected chi connectivity index (χ4v) is 0.923. The number of carbonyl (C=O) groups excluding carboxylic acids is 1. The quantitative estimate of drug-likeness (QED) is 0.541. The highest BCUT2D eigenvalue weighted by Gasteiger charge is 2.11. The third kappa shape index (κ3) is 4.07. The van der Waals surface area contributed by atoms with Crippen LogP contribution in [0.15, 0.2) is 11.6 Å². The second-order valence-electron chi connectivity index (χ2n) is 3.05. The van der Waals surface area contributed by atoms with Crippen LogP contribution < -0.4 is 0 Å². The molecule has 0 fully saturated rings. The van der Waals surface area contributed by atoms with E-state index in [1.54, 1.807) is 13.0 Å². The molecule has 1 atom stereocenters. The van der Waals surface area contributed by atoms with Crippen LogP contribution in [0.1, 0.15) is 26.7 Å². The molecule has 0 aromatic carbocycles. The summed E-state index contributed by atoms with van der Waals surface area (Å²) in [7, 11) is 1.31. The summed E-state index contributed by atoms with van der Waals surface area (Å²) < 4.78 is 4.54. The van der Waals surface area contributed by atoms with Crippen molar-refractivity contribution in [2.24, 2.45) is 5.92 Å². The van der Waals surface area contributed by atoms with E-state index in [1.807, 2.05) is 6.92 Å². The molecular formula is C10H16O4. The summed E-state index contributed by atoms with van der Waals surface area (Å²) in [4.78, 5) is 21.6. The zero-order valence-corrected chi connectivity index (χ0v) is 8.74. The molecule has 0 saturated heterocycles. The van der Waals surface area contributed by atoms with Gasteiger partial charge < -0.3 is 9.84 Å². The molecule has 0 aliphatic rings. The summed E-state index contributed by atoms with van der Waals surface area (Å²) in [5, 5.41) is 8.62.